The van der Waals surface area contributed by atoms with Gasteiger partial charge in [-0.3, -0.25) is 14.9 Å². The fourth-order valence-corrected chi connectivity index (χ4v) is 5.97. The van der Waals surface area contributed by atoms with Crippen LogP contribution in [0.2, 0.25) is 5.28 Å². The zero-order valence-corrected chi connectivity index (χ0v) is 22.4. The van der Waals surface area contributed by atoms with Crippen molar-refractivity contribution in [1.82, 2.24) is 14.9 Å². The van der Waals surface area contributed by atoms with E-state index in [4.69, 9.17) is 16.3 Å². The summed E-state index contributed by atoms with van der Waals surface area (Å²) in [6.45, 7) is -0.231. The molecule has 12 nitrogen and oxygen atoms in total. The van der Waals surface area contributed by atoms with Crippen LogP contribution in [-0.4, -0.2) is 69.7 Å². The number of nitro groups is 1. The highest BCUT2D eigenvalue weighted by Gasteiger charge is 2.49. The van der Waals surface area contributed by atoms with Crippen molar-refractivity contribution in [1.29, 1.82) is 5.26 Å². The molecule has 0 saturated carbocycles. The number of nitrogens with zero attached hydrogens (tertiary/aromatic N) is 6. The molecule has 1 aliphatic heterocycles. The third-order valence-corrected chi connectivity index (χ3v) is 7.69. The van der Waals surface area contributed by atoms with E-state index >= 15 is 0 Å². The Hall–Kier alpha value is -4.19. The fraction of sp³-hybridized carbons (Fsp3) is 0.480. The number of esters is 1. The van der Waals surface area contributed by atoms with Crippen LogP contribution in [0.15, 0.2) is 18.2 Å². The molecule has 1 N–H and O–H groups in total. The zero-order valence-electron chi connectivity index (χ0n) is 21.6. The minimum Gasteiger partial charge on any atom is -0.468 e. The lowest BCUT2D eigenvalue weighted by molar-refractivity contribution is -0.385. The average Bonchev–Trinajstić information content (AvgIpc) is 2.91. The quantitative estimate of drug-likeness (QED) is 0.222. The number of carbonyl (C=O) groups is 2. The average molecular weight is 597 g/mol. The van der Waals surface area contributed by atoms with Crippen LogP contribution in [0.1, 0.15) is 41.6 Å². The molecule has 0 spiro atoms. The number of anilines is 1. The number of nitriles is 1. The number of rotatable bonds is 6. The predicted molar refractivity (Wildman–Crippen MR) is 136 cm³/mol. The lowest BCUT2D eigenvalue weighted by Gasteiger charge is -2.39. The van der Waals surface area contributed by atoms with Crippen molar-refractivity contribution >= 4 is 35.2 Å². The van der Waals surface area contributed by atoms with Crippen molar-refractivity contribution in [3.8, 4) is 6.07 Å². The number of hydrogen-bond donors (Lipinski definition) is 1. The van der Waals surface area contributed by atoms with Gasteiger partial charge in [-0.25, -0.2) is 9.78 Å². The summed E-state index contributed by atoms with van der Waals surface area (Å²) in [7, 11) is 1.08. The van der Waals surface area contributed by atoms with Gasteiger partial charge in [0.25, 0.3) is 0 Å². The van der Waals surface area contributed by atoms with Crippen molar-refractivity contribution < 1.29 is 37.5 Å². The summed E-state index contributed by atoms with van der Waals surface area (Å²) in [6, 6.07) is 4.55. The molecule has 16 heteroatoms. The first-order chi connectivity index (χ1) is 19.3. The summed E-state index contributed by atoms with van der Waals surface area (Å²) in [5.41, 5.74) is -3.62. The molecule has 4 rings (SSSR count). The van der Waals surface area contributed by atoms with Crippen LogP contribution in [0.4, 0.5) is 29.5 Å². The van der Waals surface area contributed by atoms with Crippen LogP contribution in [0.3, 0.4) is 0 Å². The van der Waals surface area contributed by atoms with Crippen LogP contribution in [0.25, 0.3) is 0 Å². The maximum absolute atomic E-state index is 13.9. The summed E-state index contributed by atoms with van der Waals surface area (Å²) < 4.78 is 46.7. The monoisotopic (exact) mass is 596 g/mol. The van der Waals surface area contributed by atoms with Gasteiger partial charge >= 0.3 is 23.9 Å². The number of hydrogen-bond acceptors (Lipinski definition) is 9. The maximum Gasteiger partial charge on any atom is 0.416 e. The van der Waals surface area contributed by atoms with E-state index in [1.807, 2.05) is 6.07 Å². The first kappa shape index (κ1) is 29.8. The number of alkyl halides is 3. The Balaban J connectivity index is 1.86. The molecule has 2 aromatic rings. The molecule has 1 unspecified atom stereocenters. The SMILES string of the molecule is COC(=O)C1(Cc2nc(Cl)nc(N3CCN(C(=O)O)[C@@H](CC#N)C3)c2[N+](=O)[O-])CCCc2c(C(F)(F)F)cccc21. The number of amides is 1. The van der Waals surface area contributed by atoms with Crippen molar-refractivity contribution in [2.45, 2.75) is 49.7 Å². The number of ether oxygens (including phenoxy) is 1. The molecular weight excluding hydrogens is 573 g/mol. The molecular formula is C25H24ClF3N6O6. The first-order valence-electron chi connectivity index (χ1n) is 12.4. The molecule has 2 aliphatic rings. The third kappa shape index (κ3) is 5.56. The van der Waals surface area contributed by atoms with E-state index < -0.39 is 57.6 Å². The molecule has 1 amide bonds. The van der Waals surface area contributed by atoms with Gasteiger partial charge in [0.15, 0.2) is 0 Å². The Bertz CT molecular complexity index is 1430. The molecule has 1 aromatic heterocycles. The molecule has 1 aliphatic carbocycles. The molecule has 0 radical (unpaired) electrons. The van der Waals surface area contributed by atoms with Crippen molar-refractivity contribution in [2.24, 2.45) is 0 Å². The van der Waals surface area contributed by atoms with E-state index in [9.17, 15) is 43.2 Å². The largest absolute Gasteiger partial charge is 0.468 e. The van der Waals surface area contributed by atoms with E-state index in [0.717, 1.165) is 18.1 Å². The normalized spacial score (nSPS) is 20.6. The molecule has 218 valence electrons. The zero-order chi connectivity index (χ0) is 30.1. The van der Waals surface area contributed by atoms with Crippen LogP contribution in [0.5, 0.6) is 0 Å². The molecule has 1 saturated heterocycles. The van der Waals surface area contributed by atoms with Crippen LogP contribution < -0.4 is 4.90 Å². The summed E-state index contributed by atoms with van der Waals surface area (Å²) >= 11 is 6.19. The van der Waals surface area contributed by atoms with E-state index in [2.05, 4.69) is 9.97 Å². The van der Waals surface area contributed by atoms with Gasteiger partial charge in [0.1, 0.15) is 5.69 Å². The summed E-state index contributed by atoms with van der Waals surface area (Å²) in [5, 5.41) is 30.7. The minimum atomic E-state index is -4.69. The Kier molecular flexibility index (Phi) is 8.25. The number of halogens is 4. The molecule has 1 fully saturated rings. The van der Waals surface area contributed by atoms with Crippen LogP contribution in [0, 0.1) is 21.4 Å². The van der Waals surface area contributed by atoms with Crippen molar-refractivity contribution in [2.75, 3.05) is 31.6 Å². The number of piperazine rings is 1. The Morgan fingerprint density at radius 3 is 2.68 bits per heavy atom. The topological polar surface area (TPSA) is 163 Å². The maximum atomic E-state index is 13.9. The second-order valence-corrected chi connectivity index (χ2v) is 10.1. The Morgan fingerprint density at radius 2 is 2.07 bits per heavy atom. The number of benzene rings is 1. The lowest BCUT2D eigenvalue weighted by atomic mass is 9.66. The van der Waals surface area contributed by atoms with Gasteiger partial charge in [0.05, 0.1) is 41.5 Å². The van der Waals surface area contributed by atoms with E-state index in [1.165, 1.54) is 17.0 Å². The van der Waals surface area contributed by atoms with Gasteiger partial charge in [0.2, 0.25) is 11.1 Å². The molecule has 2 atom stereocenters. The number of aromatic nitrogens is 2. The first-order valence-corrected chi connectivity index (χ1v) is 12.8. The highest BCUT2D eigenvalue weighted by atomic mass is 35.5. The van der Waals surface area contributed by atoms with Gasteiger partial charge in [-0.2, -0.15) is 23.4 Å². The molecule has 0 bridgehead atoms. The molecule has 1 aromatic carbocycles. The van der Waals surface area contributed by atoms with Gasteiger partial charge in [-0.05, 0) is 48.1 Å². The minimum absolute atomic E-state index is 0.0260. The number of carbonyl (C=O) groups excluding carboxylic acids is 1. The molecule has 2 heterocycles. The fourth-order valence-electron chi connectivity index (χ4n) is 5.79. The smallest absolute Gasteiger partial charge is 0.416 e. The highest BCUT2D eigenvalue weighted by Crippen LogP contribution is 2.47. The van der Waals surface area contributed by atoms with Gasteiger partial charge in [0, 0.05) is 26.1 Å². The number of methoxy groups -OCH3 is 1. The van der Waals surface area contributed by atoms with Gasteiger partial charge in [-0.15, -0.1) is 0 Å². The number of carboxylic acid groups (broad SMARTS) is 1. The molecule has 41 heavy (non-hydrogen) atoms. The lowest BCUT2D eigenvalue weighted by Crippen LogP contribution is -2.55. The summed E-state index contributed by atoms with van der Waals surface area (Å²) in [5.74, 6) is -1.13. The van der Waals surface area contributed by atoms with Gasteiger partial charge < -0.3 is 19.6 Å². The predicted octanol–water partition coefficient (Wildman–Crippen LogP) is 4.13. The van der Waals surface area contributed by atoms with Gasteiger partial charge in [-0.1, -0.05) is 12.1 Å². The van der Waals surface area contributed by atoms with Crippen molar-refractivity contribution in [3.05, 3.63) is 56.0 Å². The second kappa shape index (κ2) is 11.4. The summed E-state index contributed by atoms with van der Waals surface area (Å²) in [6.07, 6.45) is -6.40. The van der Waals surface area contributed by atoms with Crippen LogP contribution >= 0.6 is 11.6 Å². The van der Waals surface area contributed by atoms with E-state index in [0.29, 0.717) is 0 Å². The standard InChI is InChI=1S/C25H24ClF3N6O6/c1-41-21(36)24(8-3-4-15-16(24)5-2-6-17(15)25(27,28)29)12-18-19(35(39)40)20(32-22(26)31-18)33-10-11-34(23(37)38)14(13-33)7-9-30/h2,5-6,14H,3-4,7-8,10-13H2,1H3,(H,37,38)/t14-,24?/m0/s1. The summed E-state index contributed by atoms with van der Waals surface area (Å²) in [4.78, 5) is 47.2. The van der Waals surface area contributed by atoms with Crippen LogP contribution in [-0.2, 0) is 34.0 Å². The second-order valence-electron chi connectivity index (χ2n) is 9.74. The third-order valence-electron chi connectivity index (χ3n) is 7.52. The van der Waals surface area contributed by atoms with E-state index in [-0.39, 0.29) is 68.0 Å². The number of fused-ring (bicyclic) bond motifs is 1. The highest BCUT2D eigenvalue weighted by molar-refractivity contribution is 6.28. The van der Waals surface area contributed by atoms with Crippen molar-refractivity contribution in [3.63, 3.8) is 0 Å². The Morgan fingerprint density at radius 1 is 1.34 bits per heavy atom. The Labute approximate surface area is 236 Å². The van der Waals surface area contributed by atoms with E-state index in [1.54, 1.807) is 0 Å².